The molecule has 0 bridgehead atoms. The van der Waals surface area contributed by atoms with E-state index < -0.39 is 5.69 Å². The first kappa shape index (κ1) is 14.4. The lowest BCUT2D eigenvalue weighted by molar-refractivity contribution is -0.0383. The fraction of sp³-hybridized carbons (Fsp3) is 0.294. The van der Waals surface area contributed by atoms with E-state index in [0.29, 0.717) is 22.5 Å². The highest BCUT2D eigenvalue weighted by Gasteiger charge is 2.30. The molecule has 0 saturated carbocycles. The first-order valence-electron chi connectivity index (χ1n) is 7.45. The number of para-hydroxylation sites is 1. The van der Waals surface area contributed by atoms with E-state index >= 15 is 0 Å². The van der Waals surface area contributed by atoms with E-state index in [1.165, 1.54) is 15.9 Å². The number of aromatic nitrogens is 2. The van der Waals surface area contributed by atoms with E-state index in [1.807, 2.05) is 19.9 Å². The fourth-order valence-corrected chi connectivity index (χ4v) is 4.37. The van der Waals surface area contributed by atoms with Gasteiger partial charge in [-0.05, 0) is 26.0 Å². The van der Waals surface area contributed by atoms with Crippen molar-refractivity contribution in [1.82, 2.24) is 9.55 Å². The summed E-state index contributed by atoms with van der Waals surface area (Å²) in [6.07, 6.45) is 0.745. The Hall–Kier alpha value is -2.18. The second-order valence-corrected chi connectivity index (χ2v) is 7.44. The molecule has 0 spiro atoms. The number of H-pyrrole nitrogens is 1. The van der Waals surface area contributed by atoms with Crippen molar-refractivity contribution >= 4 is 21.6 Å². The van der Waals surface area contributed by atoms with Crippen molar-refractivity contribution < 1.29 is 4.74 Å². The molecule has 3 heterocycles. The van der Waals surface area contributed by atoms with Crippen LogP contribution in [0.4, 0.5) is 0 Å². The lowest BCUT2D eigenvalue weighted by atomic mass is 9.98. The van der Waals surface area contributed by atoms with Crippen LogP contribution < -0.4 is 11.2 Å². The second-order valence-electron chi connectivity index (χ2n) is 6.34. The maximum Gasteiger partial charge on any atom is 0.333 e. The third-order valence-electron chi connectivity index (χ3n) is 4.13. The summed E-state index contributed by atoms with van der Waals surface area (Å²) < 4.78 is 7.60. The van der Waals surface area contributed by atoms with Crippen LogP contribution >= 0.6 is 11.3 Å². The zero-order valence-corrected chi connectivity index (χ0v) is 13.7. The third kappa shape index (κ3) is 2.26. The van der Waals surface area contributed by atoms with Gasteiger partial charge in [0.2, 0.25) is 0 Å². The molecule has 1 aliphatic heterocycles. The van der Waals surface area contributed by atoms with Gasteiger partial charge in [0.25, 0.3) is 5.56 Å². The molecule has 2 aromatic heterocycles. The monoisotopic (exact) mass is 328 g/mol. The molecule has 118 valence electrons. The highest BCUT2D eigenvalue weighted by atomic mass is 32.1. The van der Waals surface area contributed by atoms with Crippen molar-refractivity contribution in [2.75, 3.05) is 0 Å². The van der Waals surface area contributed by atoms with Crippen LogP contribution in [0.2, 0.25) is 0 Å². The molecule has 6 heteroatoms. The number of hydrogen-bond acceptors (Lipinski definition) is 4. The number of nitrogens with one attached hydrogen (secondary N) is 1. The van der Waals surface area contributed by atoms with Crippen LogP contribution in [0.25, 0.3) is 15.9 Å². The van der Waals surface area contributed by atoms with Gasteiger partial charge in [0.1, 0.15) is 4.70 Å². The Labute approximate surface area is 136 Å². The average Bonchev–Trinajstić information content (AvgIpc) is 2.85. The number of benzene rings is 1. The Balaban J connectivity index is 2.01. The Kier molecular flexibility index (Phi) is 3.08. The summed E-state index contributed by atoms with van der Waals surface area (Å²) in [5, 5.41) is 0. The molecule has 0 aliphatic carbocycles. The predicted molar refractivity (Wildman–Crippen MR) is 90.6 cm³/mol. The van der Waals surface area contributed by atoms with Crippen molar-refractivity contribution in [3.8, 4) is 5.69 Å². The molecule has 4 rings (SSSR count). The van der Waals surface area contributed by atoms with Gasteiger partial charge in [-0.15, -0.1) is 11.3 Å². The lowest BCUT2D eigenvalue weighted by Crippen LogP contribution is -2.33. The van der Waals surface area contributed by atoms with Crippen molar-refractivity contribution in [2.45, 2.75) is 32.5 Å². The van der Waals surface area contributed by atoms with Gasteiger partial charge in [-0.3, -0.25) is 4.79 Å². The topological polar surface area (TPSA) is 64.1 Å². The smallest absolute Gasteiger partial charge is 0.333 e. The number of fused-ring (bicyclic) bond motifs is 3. The van der Waals surface area contributed by atoms with Crippen LogP contribution in [0, 0.1) is 0 Å². The molecule has 5 nitrogen and oxygen atoms in total. The zero-order chi connectivity index (χ0) is 16.2. The molecule has 3 aromatic rings. The van der Waals surface area contributed by atoms with E-state index in [4.69, 9.17) is 4.74 Å². The molecule has 0 radical (unpaired) electrons. The lowest BCUT2D eigenvalue weighted by Gasteiger charge is -2.29. The van der Waals surface area contributed by atoms with Crippen LogP contribution in [-0.4, -0.2) is 15.2 Å². The molecule has 0 atom stereocenters. The first-order chi connectivity index (χ1) is 11.0. The predicted octanol–water partition coefficient (Wildman–Crippen LogP) is 2.59. The number of hydrogen-bond donors (Lipinski definition) is 1. The molecular weight excluding hydrogens is 312 g/mol. The van der Waals surface area contributed by atoms with Gasteiger partial charge < -0.3 is 9.72 Å². The van der Waals surface area contributed by atoms with Crippen LogP contribution in [-0.2, 0) is 17.8 Å². The normalized spacial score (nSPS) is 16.4. The molecule has 0 saturated heterocycles. The highest BCUT2D eigenvalue weighted by molar-refractivity contribution is 7.19. The molecule has 1 N–H and O–H groups in total. The fourth-order valence-electron chi connectivity index (χ4n) is 2.96. The average molecular weight is 328 g/mol. The summed E-state index contributed by atoms with van der Waals surface area (Å²) in [5.41, 5.74) is 1.21. The summed E-state index contributed by atoms with van der Waals surface area (Å²) in [6.45, 7) is 4.49. The molecular formula is C17H16N2O3S. The van der Waals surface area contributed by atoms with Crippen molar-refractivity contribution in [2.24, 2.45) is 0 Å². The van der Waals surface area contributed by atoms with Gasteiger partial charge >= 0.3 is 5.69 Å². The minimum absolute atomic E-state index is 0.243. The SMILES string of the molecule is CC1(C)Cc2sc3c(=O)n(-c4ccccc4)c(=O)[nH]c3c2CO1. The van der Waals surface area contributed by atoms with Crippen LogP contribution in [0.3, 0.4) is 0 Å². The number of thiophene rings is 1. The summed E-state index contributed by atoms with van der Waals surface area (Å²) in [7, 11) is 0. The molecule has 0 unspecified atom stereocenters. The molecule has 1 aromatic carbocycles. The Morgan fingerprint density at radius 1 is 1.22 bits per heavy atom. The maximum absolute atomic E-state index is 12.8. The van der Waals surface area contributed by atoms with E-state index in [0.717, 1.165) is 16.9 Å². The Morgan fingerprint density at radius 3 is 2.70 bits per heavy atom. The summed E-state index contributed by atoms with van der Waals surface area (Å²) in [4.78, 5) is 29.3. The van der Waals surface area contributed by atoms with Crippen molar-refractivity contribution in [3.05, 3.63) is 61.6 Å². The minimum Gasteiger partial charge on any atom is -0.370 e. The molecule has 23 heavy (non-hydrogen) atoms. The second kappa shape index (κ2) is 4.91. The number of rotatable bonds is 1. The van der Waals surface area contributed by atoms with Gasteiger partial charge in [-0.1, -0.05) is 18.2 Å². The maximum atomic E-state index is 12.8. The third-order valence-corrected chi connectivity index (χ3v) is 5.35. The largest absolute Gasteiger partial charge is 0.370 e. The van der Waals surface area contributed by atoms with Crippen LogP contribution in [0.15, 0.2) is 39.9 Å². The standard InChI is InChI=1S/C17H16N2O3S/c1-17(2)8-12-11(9-22-17)13-14(23-12)15(20)19(16(21)18-13)10-6-4-3-5-7-10/h3-7H,8-9H2,1-2H3,(H,18,21). The van der Waals surface area contributed by atoms with E-state index in [1.54, 1.807) is 24.3 Å². The van der Waals surface area contributed by atoms with Gasteiger partial charge in [-0.25, -0.2) is 9.36 Å². The van der Waals surface area contributed by atoms with Crippen molar-refractivity contribution in [3.63, 3.8) is 0 Å². The van der Waals surface area contributed by atoms with Crippen LogP contribution in [0.1, 0.15) is 24.3 Å². The van der Waals surface area contributed by atoms with E-state index in [-0.39, 0.29) is 11.2 Å². The number of nitrogens with zero attached hydrogens (tertiary/aromatic N) is 1. The quantitative estimate of drug-likeness (QED) is 0.747. The summed E-state index contributed by atoms with van der Waals surface area (Å²) in [6, 6.07) is 8.97. The molecule has 0 fully saturated rings. The summed E-state index contributed by atoms with van der Waals surface area (Å²) in [5.74, 6) is 0. The van der Waals surface area contributed by atoms with E-state index in [2.05, 4.69) is 4.98 Å². The molecule has 0 amide bonds. The van der Waals surface area contributed by atoms with Gasteiger partial charge in [0.15, 0.2) is 0 Å². The van der Waals surface area contributed by atoms with Crippen LogP contribution in [0.5, 0.6) is 0 Å². The Bertz CT molecular complexity index is 1010. The number of aromatic amines is 1. The van der Waals surface area contributed by atoms with Gasteiger partial charge in [0.05, 0.1) is 23.4 Å². The van der Waals surface area contributed by atoms with E-state index in [9.17, 15) is 9.59 Å². The zero-order valence-electron chi connectivity index (χ0n) is 12.9. The molecule has 1 aliphatic rings. The number of ether oxygens (including phenoxy) is 1. The summed E-state index contributed by atoms with van der Waals surface area (Å²) >= 11 is 1.46. The highest BCUT2D eigenvalue weighted by Crippen LogP contribution is 2.36. The van der Waals surface area contributed by atoms with Gasteiger partial charge in [-0.2, -0.15) is 0 Å². The minimum atomic E-state index is -0.417. The first-order valence-corrected chi connectivity index (χ1v) is 8.27. The van der Waals surface area contributed by atoms with Crippen molar-refractivity contribution in [1.29, 1.82) is 0 Å². The Morgan fingerprint density at radius 2 is 1.96 bits per heavy atom. The van der Waals surface area contributed by atoms with Gasteiger partial charge in [0, 0.05) is 16.9 Å².